The summed E-state index contributed by atoms with van der Waals surface area (Å²) in [5.74, 6) is 0.814. The van der Waals surface area contributed by atoms with E-state index in [4.69, 9.17) is 16.1 Å². The Hall–Kier alpha value is -1.03. The van der Waals surface area contributed by atoms with Gasteiger partial charge >= 0.3 is 0 Å². The summed E-state index contributed by atoms with van der Waals surface area (Å²) in [7, 11) is 0. The molecular weight excluding hydrogens is 204 g/mol. The summed E-state index contributed by atoms with van der Waals surface area (Å²) in [6.45, 7) is 3.97. The zero-order valence-electron chi connectivity index (χ0n) is 8.21. The normalized spacial score (nSPS) is 12.5. The number of alkyl halides is 1. The van der Waals surface area contributed by atoms with Crippen molar-refractivity contribution < 1.29 is 9.32 Å². The standard InChI is InChI=1S/C9H13ClN2O2/c1-6(4-10)9(13)11-5-8-3-7(2)14-12-8/h3,6H,4-5H2,1-2H3,(H,11,13). The molecule has 0 aliphatic heterocycles. The maximum Gasteiger partial charge on any atom is 0.224 e. The summed E-state index contributed by atoms with van der Waals surface area (Å²) in [6.07, 6.45) is 0. The summed E-state index contributed by atoms with van der Waals surface area (Å²) in [6, 6.07) is 1.78. The van der Waals surface area contributed by atoms with Gasteiger partial charge in [-0.05, 0) is 6.92 Å². The third-order valence-corrected chi connectivity index (χ3v) is 2.26. The molecule has 1 N–H and O–H groups in total. The Bertz CT molecular complexity index is 312. The second-order valence-corrected chi connectivity index (χ2v) is 3.51. The first-order chi connectivity index (χ1) is 6.63. The van der Waals surface area contributed by atoms with Gasteiger partial charge in [0, 0.05) is 17.9 Å². The lowest BCUT2D eigenvalue weighted by atomic mass is 10.2. The number of nitrogens with one attached hydrogen (secondary N) is 1. The molecule has 0 saturated heterocycles. The first-order valence-corrected chi connectivity index (χ1v) is 4.92. The Morgan fingerprint density at radius 1 is 1.79 bits per heavy atom. The lowest BCUT2D eigenvalue weighted by Crippen LogP contribution is -2.29. The first-order valence-electron chi connectivity index (χ1n) is 4.39. The van der Waals surface area contributed by atoms with Crippen LogP contribution in [0, 0.1) is 12.8 Å². The summed E-state index contributed by atoms with van der Waals surface area (Å²) >= 11 is 5.54. The SMILES string of the molecule is Cc1cc(CNC(=O)C(C)CCl)no1. The molecule has 0 radical (unpaired) electrons. The summed E-state index contributed by atoms with van der Waals surface area (Å²) in [5, 5.41) is 6.47. The van der Waals surface area contributed by atoms with E-state index in [9.17, 15) is 4.79 Å². The van der Waals surface area contributed by atoms with Crippen LogP contribution in [0.2, 0.25) is 0 Å². The predicted molar refractivity (Wildman–Crippen MR) is 53.0 cm³/mol. The number of carbonyl (C=O) groups excluding carboxylic acids is 1. The highest BCUT2D eigenvalue weighted by molar-refractivity contribution is 6.19. The molecule has 0 aromatic carbocycles. The third kappa shape index (κ3) is 3.03. The number of hydrogen-bond donors (Lipinski definition) is 1. The van der Waals surface area contributed by atoms with E-state index < -0.39 is 0 Å². The number of rotatable bonds is 4. The van der Waals surface area contributed by atoms with Crippen molar-refractivity contribution in [1.82, 2.24) is 10.5 Å². The van der Waals surface area contributed by atoms with E-state index in [1.807, 2.05) is 0 Å². The van der Waals surface area contributed by atoms with E-state index in [2.05, 4.69) is 10.5 Å². The van der Waals surface area contributed by atoms with Crippen LogP contribution in [0.4, 0.5) is 0 Å². The second-order valence-electron chi connectivity index (χ2n) is 3.20. The minimum atomic E-state index is -0.176. The van der Waals surface area contributed by atoms with Crippen LogP contribution in [0.15, 0.2) is 10.6 Å². The number of amides is 1. The van der Waals surface area contributed by atoms with Gasteiger partial charge in [0.05, 0.1) is 6.54 Å². The van der Waals surface area contributed by atoms with Crippen molar-refractivity contribution in [2.45, 2.75) is 20.4 Å². The van der Waals surface area contributed by atoms with Crippen LogP contribution < -0.4 is 5.32 Å². The van der Waals surface area contributed by atoms with Crippen LogP contribution in [0.5, 0.6) is 0 Å². The molecule has 1 heterocycles. The molecule has 5 heteroatoms. The van der Waals surface area contributed by atoms with Crippen LogP contribution in [0.3, 0.4) is 0 Å². The molecule has 0 aliphatic carbocycles. The second kappa shape index (κ2) is 5.00. The predicted octanol–water partition coefficient (Wildman–Crippen LogP) is 1.47. The molecule has 0 aliphatic rings. The fraction of sp³-hybridized carbons (Fsp3) is 0.556. The van der Waals surface area contributed by atoms with Crippen LogP contribution >= 0.6 is 11.6 Å². The van der Waals surface area contributed by atoms with Gasteiger partial charge in [0.1, 0.15) is 11.5 Å². The Labute approximate surface area is 87.6 Å². The van der Waals surface area contributed by atoms with Crippen LogP contribution in [0.25, 0.3) is 0 Å². The van der Waals surface area contributed by atoms with Crippen LogP contribution in [-0.2, 0) is 11.3 Å². The van der Waals surface area contributed by atoms with Gasteiger partial charge in [-0.15, -0.1) is 11.6 Å². The number of hydrogen-bond acceptors (Lipinski definition) is 3. The Kier molecular flexibility index (Phi) is 3.95. The number of halogens is 1. The van der Waals surface area contributed by atoms with Crippen molar-refractivity contribution >= 4 is 17.5 Å². The molecule has 0 saturated carbocycles. The Morgan fingerprint density at radius 2 is 2.50 bits per heavy atom. The fourth-order valence-electron chi connectivity index (χ4n) is 0.923. The van der Waals surface area contributed by atoms with Gasteiger partial charge in [0.2, 0.25) is 5.91 Å². The van der Waals surface area contributed by atoms with Crippen molar-refractivity contribution in [3.05, 3.63) is 17.5 Å². The molecule has 1 amide bonds. The first kappa shape index (κ1) is 11.0. The molecule has 4 nitrogen and oxygen atoms in total. The highest BCUT2D eigenvalue weighted by atomic mass is 35.5. The molecular formula is C9H13ClN2O2. The van der Waals surface area contributed by atoms with Gasteiger partial charge in [-0.3, -0.25) is 4.79 Å². The third-order valence-electron chi connectivity index (χ3n) is 1.80. The van der Waals surface area contributed by atoms with E-state index in [0.717, 1.165) is 11.5 Å². The largest absolute Gasteiger partial charge is 0.361 e. The molecule has 0 fully saturated rings. The van der Waals surface area contributed by atoms with Crippen molar-refractivity contribution in [3.63, 3.8) is 0 Å². The molecule has 1 aromatic rings. The van der Waals surface area contributed by atoms with E-state index in [1.54, 1.807) is 19.9 Å². The van der Waals surface area contributed by atoms with Gasteiger partial charge in [0.25, 0.3) is 0 Å². The topological polar surface area (TPSA) is 55.1 Å². The van der Waals surface area contributed by atoms with Crippen molar-refractivity contribution in [3.8, 4) is 0 Å². The molecule has 14 heavy (non-hydrogen) atoms. The molecule has 78 valence electrons. The Morgan fingerprint density at radius 3 is 3.00 bits per heavy atom. The number of aryl methyl sites for hydroxylation is 1. The Balaban J connectivity index is 2.37. The molecule has 1 rings (SSSR count). The molecule has 1 aromatic heterocycles. The minimum Gasteiger partial charge on any atom is -0.361 e. The molecule has 0 bridgehead atoms. The summed E-state index contributed by atoms with van der Waals surface area (Å²) in [4.78, 5) is 11.3. The summed E-state index contributed by atoms with van der Waals surface area (Å²) < 4.78 is 4.86. The zero-order chi connectivity index (χ0) is 10.6. The van der Waals surface area contributed by atoms with Gasteiger partial charge in [0.15, 0.2) is 0 Å². The quantitative estimate of drug-likeness (QED) is 0.776. The van der Waals surface area contributed by atoms with E-state index in [1.165, 1.54) is 0 Å². The highest BCUT2D eigenvalue weighted by Crippen LogP contribution is 2.02. The van der Waals surface area contributed by atoms with Gasteiger partial charge in [-0.1, -0.05) is 12.1 Å². The van der Waals surface area contributed by atoms with Crippen molar-refractivity contribution in [2.24, 2.45) is 5.92 Å². The molecule has 1 unspecified atom stereocenters. The van der Waals surface area contributed by atoms with Crippen LogP contribution in [-0.4, -0.2) is 16.9 Å². The van der Waals surface area contributed by atoms with Crippen molar-refractivity contribution in [2.75, 3.05) is 5.88 Å². The average Bonchev–Trinajstić information content (AvgIpc) is 2.59. The fourth-order valence-corrected chi connectivity index (χ4v) is 1.06. The maximum absolute atomic E-state index is 11.3. The lowest BCUT2D eigenvalue weighted by molar-refractivity contribution is -0.124. The smallest absolute Gasteiger partial charge is 0.224 e. The number of carbonyl (C=O) groups is 1. The summed E-state index contributed by atoms with van der Waals surface area (Å²) in [5.41, 5.74) is 0.720. The maximum atomic E-state index is 11.3. The van der Waals surface area contributed by atoms with Gasteiger partial charge in [-0.25, -0.2) is 0 Å². The highest BCUT2D eigenvalue weighted by Gasteiger charge is 2.11. The molecule has 0 spiro atoms. The number of nitrogens with zero attached hydrogens (tertiary/aromatic N) is 1. The van der Waals surface area contributed by atoms with E-state index in [0.29, 0.717) is 12.4 Å². The van der Waals surface area contributed by atoms with E-state index >= 15 is 0 Å². The van der Waals surface area contributed by atoms with Gasteiger partial charge < -0.3 is 9.84 Å². The van der Waals surface area contributed by atoms with Crippen molar-refractivity contribution in [1.29, 1.82) is 0 Å². The lowest BCUT2D eigenvalue weighted by Gasteiger charge is -2.06. The molecule has 1 atom stereocenters. The number of aromatic nitrogens is 1. The minimum absolute atomic E-state index is 0.0688. The van der Waals surface area contributed by atoms with E-state index in [-0.39, 0.29) is 11.8 Å². The monoisotopic (exact) mass is 216 g/mol. The van der Waals surface area contributed by atoms with Gasteiger partial charge in [-0.2, -0.15) is 0 Å². The zero-order valence-corrected chi connectivity index (χ0v) is 8.97. The average molecular weight is 217 g/mol. The van der Waals surface area contributed by atoms with Crippen LogP contribution in [0.1, 0.15) is 18.4 Å².